The van der Waals surface area contributed by atoms with Gasteiger partial charge in [-0.2, -0.15) is 5.10 Å². The van der Waals surface area contributed by atoms with Crippen molar-refractivity contribution in [1.82, 2.24) is 14.8 Å². The fraction of sp³-hybridized carbons (Fsp3) is 0.417. The maximum absolute atomic E-state index is 4.30. The summed E-state index contributed by atoms with van der Waals surface area (Å²) >= 11 is 0. The van der Waals surface area contributed by atoms with Gasteiger partial charge in [-0.1, -0.05) is 13.8 Å². The zero-order valence-electron chi connectivity index (χ0n) is 9.77. The van der Waals surface area contributed by atoms with Crippen molar-refractivity contribution < 1.29 is 0 Å². The minimum absolute atomic E-state index is 0.604. The lowest BCUT2D eigenvalue weighted by atomic mass is 10.2. The van der Waals surface area contributed by atoms with Crippen LogP contribution in [-0.4, -0.2) is 14.8 Å². The molecule has 4 heteroatoms. The van der Waals surface area contributed by atoms with Gasteiger partial charge in [0.1, 0.15) is 5.82 Å². The van der Waals surface area contributed by atoms with Crippen LogP contribution in [-0.2, 0) is 13.1 Å². The second-order valence-electron chi connectivity index (χ2n) is 4.37. The minimum Gasteiger partial charge on any atom is -0.367 e. The highest BCUT2D eigenvalue weighted by Gasteiger charge is 2.03. The maximum Gasteiger partial charge on any atom is 0.124 e. The molecule has 0 bridgehead atoms. The first-order chi connectivity index (χ1) is 7.75. The Balaban J connectivity index is 1.96. The van der Waals surface area contributed by atoms with E-state index in [0.717, 1.165) is 18.9 Å². The van der Waals surface area contributed by atoms with Crippen molar-refractivity contribution in [3.8, 4) is 0 Å². The van der Waals surface area contributed by atoms with Crippen LogP contribution in [0.3, 0.4) is 0 Å². The molecule has 0 aliphatic heterocycles. The van der Waals surface area contributed by atoms with Gasteiger partial charge >= 0.3 is 0 Å². The van der Waals surface area contributed by atoms with Crippen molar-refractivity contribution in [2.24, 2.45) is 5.92 Å². The van der Waals surface area contributed by atoms with Gasteiger partial charge in [0.2, 0.25) is 0 Å². The molecule has 2 rings (SSSR count). The molecule has 16 heavy (non-hydrogen) atoms. The lowest BCUT2D eigenvalue weighted by Gasteiger charge is -2.11. The van der Waals surface area contributed by atoms with Crippen LogP contribution in [0.5, 0.6) is 0 Å². The predicted molar refractivity (Wildman–Crippen MR) is 65.2 cm³/mol. The minimum atomic E-state index is 0.604. The van der Waals surface area contributed by atoms with E-state index < -0.39 is 0 Å². The van der Waals surface area contributed by atoms with Gasteiger partial charge in [-0.15, -0.1) is 0 Å². The topological polar surface area (TPSA) is 45.6 Å². The number of hydrogen-bond donors (Lipinski definition) is 2. The Hall–Kier alpha value is -1.71. The lowest BCUT2D eigenvalue weighted by molar-refractivity contribution is 0.487. The number of nitrogens with one attached hydrogen (secondary N) is 2. The Morgan fingerprint density at radius 3 is 3.00 bits per heavy atom. The van der Waals surface area contributed by atoms with E-state index in [1.165, 1.54) is 5.56 Å². The van der Waals surface area contributed by atoms with Gasteiger partial charge in [0, 0.05) is 31.5 Å². The van der Waals surface area contributed by atoms with Gasteiger partial charge in [-0.3, -0.25) is 0 Å². The molecule has 0 saturated carbocycles. The van der Waals surface area contributed by atoms with Crippen molar-refractivity contribution in [2.45, 2.75) is 26.9 Å². The second-order valence-corrected chi connectivity index (χ2v) is 4.37. The summed E-state index contributed by atoms with van der Waals surface area (Å²) in [7, 11) is 0. The third-order valence-electron chi connectivity index (χ3n) is 2.39. The van der Waals surface area contributed by atoms with Crippen LogP contribution in [0.15, 0.2) is 30.7 Å². The van der Waals surface area contributed by atoms with Crippen LogP contribution in [0.2, 0.25) is 0 Å². The fourth-order valence-corrected chi connectivity index (χ4v) is 1.64. The molecule has 0 spiro atoms. The molecule has 0 atom stereocenters. The van der Waals surface area contributed by atoms with E-state index in [-0.39, 0.29) is 0 Å². The van der Waals surface area contributed by atoms with Crippen LogP contribution in [0.1, 0.15) is 19.4 Å². The highest BCUT2D eigenvalue weighted by Crippen LogP contribution is 2.10. The Bertz CT molecular complexity index is 414. The van der Waals surface area contributed by atoms with Crippen molar-refractivity contribution in [2.75, 3.05) is 5.32 Å². The van der Waals surface area contributed by atoms with Crippen LogP contribution in [0.4, 0.5) is 5.82 Å². The highest BCUT2D eigenvalue weighted by molar-refractivity contribution is 5.35. The Morgan fingerprint density at radius 1 is 1.44 bits per heavy atom. The van der Waals surface area contributed by atoms with E-state index in [4.69, 9.17) is 0 Å². The fourth-order valence-electron chi connectivity index (χ4n) is 1.64. The summed E-state index contributed by atoms with van der Waals surface area (Å²) in [6, 6.07) is 4.07. The third kappa shape index (κ3) is 2.66. The summed E-state index contributed by atoms with van der Waals surface area (Å²) in [6.45, 7) is 6.16. The first-order valence-electron chi connectivity index (χ1n) is 5.63. The molecular formula is C12H18N4. The summed E-state index contributed by atoms with van der Waals surface area (Å²) in [6.07, 6.45) is 5.76. The first-order valence-corrected chi connectivity index (χ1v) is 5.63. The Morgan fingerprint density at radius 2 is 2.31 bits per heavy atom. The van der Waals surface area contributed by atoms with E-state index in [2.05, 4.69) is 35.3 Å². The molecule has 0 fully saturated rings. The highest BCUT2D eigenvalue weighted by atomic mass is 15.3. The molecule has 0 aromatic carbocycles. The molecule has 4 nitrogen and oxygen atoms in total. The second kappa shape index (κ2) is 4.88. The quantitative estimate of drug-likeness (QED) is 0.809. The van der Waals surface area contributed by atoms with E-state index in [9.17, 15) is 0 Å². The predicted octanol–water partition coefficient (Wildman–Crippen LogP) is 2.48. The summed E-state index contributed by atoms with van der Waals surface area (Å²) in [5.41, 5.74) is 1.25. The van der Waals surface area contributed by atoms with Gasteiger partial charge < -0.3 is 10.3 Å². The Kier molecular flexibility index (Phi) is 3.29. The van der Waals surface area contributed by atoms with Gasteiger partial charge in [-0.25, -0.2) is 4.68 Å². The average Bonchev–Trinajstić information content (AvgIpc) is 2.84. The molecule has 0 radical (unpaired) electrons. The number of rotatable bonds is 5. The molecule has 0 aliphatic carbocycles. The molecule has 2 N–H and O–H groups in total. The molecule has 2 heterocycles. The molecule has 0 saturated heterocycles. The van der Waals surface area contributed by atoms with Crippen molar-refractivity contribution in [3.63, 3.8) is 0 Å². The van der Waals surface area contributed by atoms with Gasteiger partial charge in [0.25, 0.3) is 0 Å². The van der Waals surface area contributed by atoms with Crippen LogP contribution in [0, 0.1) is 5.92 Å². The summed E-state index contributed by atoms with van der Waals surface area (Å²) in [5.74, 6) is 1.68. The standard InChI is InChI=1S/C12H18N4/c1-10(2)9-16-12(4-6-15-16)14-8-11-3-5-13-7-11/h3-7,10,13-14H,8-9H2,1-2H3. The van der Waals surface area contributed by atoms with Crippen LogP contribution < -0.4 is 5.32 Å². The van der Waals surface area contributed by atoms with Crippen LogP contribution >= 0.6 is 0 Å². The van der Waals surface area contributed by atoms with Crippen molar-refractivity contribution >= 4 is 5.82 Å². The number of aromatic amines is 1. The van der Waals surface area contributed by atoms with Crippen molar-refractivity contribution in [3.05, 3.63) is 36.3 Å². The zero-order chi connectivity index (χ0) is 11.4. The number of nitrogens with zero attached hydrogens (tertiary/aromatic N) is 2. The third-order valence-corrected chi connectivity index (χ3v) is 2.39. The number of hydrogen-bond acceptors (Lipinski definition) is 2. The van der Waals surface area contributed by atoms with Gasteiger partial charge in [0.05, 0.1) is 6.20 Å². The van der Waals surface area contributed by atoms with E-state index >= 15 is 0 Å². The largest absolute Gasteiger partial charge is 0.367 e. The smallest absolute Gasteiger partial charge is 0.124 e. The molecule has 0 unspecified atom stereocenters. The molecular weight excluding hydrogens is 200 g/mol. The first kappa shape index (κ1) is 10.8. The van der Waals surface area contributed by atoms with Crippen molar-refractivity contribution in [1.29, 1.82) is 0 Å². The lowest BCUT2D eigenvalue weighted by Crippen LogP contribution is -2.11. The normalized spacial score (nSPS) is 10.9. The molecule has 0 amide bonds. The summed E-state index contributed by atoms with van der Waals surface area (Å²) in [4.78, 5) is 3.04. The van der Waals surface area contributed by atoms with Gasteiger partial charge in [-0.05, 0) is 17.5 Å². The number of aromatic nitrogens is 3. The van der Waals surface area contributed by atoms with E-state index in [1.54, 1.807) is 0 Å². The maximum atomic E-state index is 4.30. The average molecular weight is 218 g/mol. The summed E-state index contributed by atoms with van der Waals surface area (Å²) in [5, 5.41) is 7.68. The molecule has 2 aromatic rings. The van der Waals surface area contributed by atoms with Gasteiger partial charge in [0.15, 0.2) is 0 Å². The molecule has 86 valence electrons. The monoisotopic (exact) mass is 218 g/mol. The zero-order valence-corrected chi connectivity index (χ0v) is 9.77. The van der Waals surface area contributed by atoms with E-state index in [0.29, 0.717) is 5.92 Å². The Labute approximate surface area is 95.7 Å². The molecule has 0 aliphatic rings. The number of anilines is 1. The number of H-pyrrole nitrogens is 1. The summed E-state index contributed by atoms with van der Waals surface area (Å²) < 4.78 is 2.01. The van der Waals surface area contributed by atoms with Crippen LogP contribution in [0.25, 0.3) is 0 Å². The SMILES string of the molecule is CC(C)Cn1nccc1NCc1cc[nH]c1. The van der Waals surface area contributed by atoms with E-state index in [1.807, 2.05) is 29.3 Å². The molecule has 2 aromatic heterocycles.